The third-order valence-corrected chi connectivity index (χ3v) is 8.10. The Morgan fingerprint density at radius 2 is 1.83 bits per heavy atom. The standard InChI is InChI=1S/C22H16B3F4N5O3.C11H19F2NO/c1-31-20(36)12-7-17(37-22(23,24)25)15(8-14(12)26)32-4-2-3-11-5-13(19(30)35)18-16(6-11)34(10-33-18)9-21(27,28)29;1-9-6-11(12,13)8-14(7-9)10-2-4-15-5-3-10/h5-8,10,32H,4,9H2,1H3,(H2,30,35)(H,31,36);9-10H,2-8H2,1H3. The average Bonchev–Trinajstić information content (AvgIpc) is 3.43. The van der Waals surface area contributed by atoms with E-state index in [9.17, 15) is 35.9 Å². The number of rotatable bonds is 8. The van der Waals surface area contributed by atoms with Gasteiger partial charge in [-0.05, 0) is 42.3 Å². The lowest BCUT2D eigenvalue weighted by molar-refractivity contribution is -0.140. The largest absolute Gasteiger partial charge is 0.514 e. The highest BCUT2D eigenvalue weighted by Gasteiger charge is 2.41. The Hall–Kier alpha value is -4.30. The SMILES string of the molecule is CC1CN(C2CCOCC2)CC(F)(F)C1.[B]C([B])([B])Oc1cc(C(=O)NC)c(F)cc1NCC#Cc1cc(C(N)=O)c2ncn(CC(F)(F)F)c2c1. The van der Waals surface area contributed by atoms with Gasteiger partial charge >= 0.3 is 6.18 Å². The minimum atomic E-state index is -4.53. The molecule has 1 atom stereocenters. The number of nitrogens with one attached hydrogen (secondary N) is 2. The number of hydrogen-bond donors (Lipinski definition) is 3. The first-order valence-electron chi connectivity index (χ1n) is 16.1. The van der Waals surface area contributed by atoms with Crippen LogP contribution in [0.3, 0.4) is 0 Å². The predicted molar refractivity (Wildman–Crippen MR) is 184 cm³/mol. The smallest absolute Gasteiger partial charge is 0.406 e. The molecule has 0 bridgehead atoms. The van der Waals surface area contributed by atoms with Crippen LogP contribution in [-0.4, -0.2) is 113 Å². The van der Waals surface area contributed by atoms with E-state index in [2.05, 4.69) is 27.5 Å². The van der Waals surface area contributed by atoms with Crippen LogP contribution in [0.5, 0.6) is 5.75 Å². The van der Waals surface area contributed by atoms with E-state index in [-0.39, 0.29) is 64.6 Å². The van der Waals surface area contributed by atoms with Crippen molar-refractivity contribution >= 4 is 52.1 Å². The van der Waals surface area contributed by atoms with Crippen LogP contribution in [0, 0.1) is 23.6 Å². The maximum atomic E-state index is 14.4. The summed E-state index contributed by atoms with van der Waals surface area (Å²) in [5.41, 5.74) is 5.09. The highest BCUT2D eigenvalue weighted by Crippen LogP contribution is 2.33. The number of piperidine rings is 1. The van der Waals surface area contributed by atoms with E-state index in [0.717, 1.165) is 55.6 Å². The van der Waals surface area contributed by atoms with Crippen LogP contribution < -0.4 is 21.1 Å². The molecule has 0 spiro atoms. The second kappa shape index (κ2) is 16.6. The number of alkyl halides is 5. The molecule has 2 aliphatic rings. The molecule has 2 amide bonds. The van der Waals surface area contributed by atoms with Gasteiger partial charge in [-0.15, -0.1) is 0 Å². The van der Waals surface area contributed by atoms with Crippen LogP contribution in [0.25, 0.3) is 11.0 Å². The van der Waals surface area contributed by atoms with Gasteiger partial charge in [0.15, 0.2) is 0 Å². The van der Waals surface area contributed by atoms with Crippen molar-refractivity contribution in [1.29, 1.82) is 0 Å². The van der Waals surface area contributed by atoms with Crippen molar-refractivity contribution in [1.82, 2.24) is 19.8 Å². The molecule has 4 N–H and O–H groups in total. The molecule has 272 valence electrons. The van der Waals surface area contributed by atoms with Crippen LogP contribution in [0.4, 0.5) is 32.0 Å². The van der Waals surface area contributed by atoms with Crippen LogP contribution in [0.2, 0.25) is 0 Å². The van der Waals surface area contributed by atoms with Gasteiger partial charge in [-0.2, -0.15) is 13.2 Å². The lowest BCUT2D eigenvalue weighted by Crippen LogP contribution is -2.52. The van der Waals surface area contributed by atoms with Gasteiger partial charge < -0.3 is 30.4 Å². The van der Waals surface area contributed by atoms with Gasteiger partial charge in [-0.3, -0.25) is 14.5 Å². The number of halogens is 6. The van der Waals surface area contributed by atoms with Gasteiger partial charge in [0.05, 0.1) is 41.7 Å². The molecule has 3 aromatic rings. The Morgan fingerprint density at radius 1 is 1.13 bits per heavy atom. The van der Waals surface area contributed by atoms with Crippen molar-refractivity contribution in [3.63, 3.8) is 0 Å². The van der Waals surface area contributed by atoms with Crippen molar-refractivity contribution < 1.29 is 45.4 Å². The molecular weight excluding hydrogens is 691 g/mol. The normalized spacial score (nSPS) is 18.0. The molecule has 5 rings (SSSR count). The number of carbonyl (C=O) groups excluding carboxylic acids is 2. The second-order valence-corrected chi connectivity index (χ2v) is 12.7. The van der Waals surface area contributed by atoms with Gasteiger partial charge in [0.2, 0.25) is 0 Å². The van der Waals surface area contributed by atoms with Crippen LogP contribution in [0.1, 0.15) is 52.5 Å². The van der Waals surface area contributed by atoms with Crippen molar-refractivity contribution in [2.24, 2.45) is 11.7 Å². The highest BCUT2D eigenvalue weighted by atomic mass is 19.4. The summed E-state index contributed by atoms with van der Waals surface area (Å²) in [4.78, 5) is 29.6. The van der Waals surface area contributed by atoms with Crippen LogP contribution >= 0.6 is 0 Å². The number of hydrogen-bond acceptors (Lipinski definition) is 7. The minimum Gasteiger partial charge on any atom is -0.514 e. The quantitative estimate of drug-likeness (QED) is 0.185. The van der Waals surface area contributed by atoms with Crippen LogP contribution in [0.15, 0.2) is 30.6 Å². The van der Waals surface area contributed by atoms with E-state index in [0.29, 0.717) is 6.04 Å². The Bertz CT molecular complexity index is 1820. The Kier molecular flexibility index (Phi) is 12.9. The van der Waals surface area contributed by atoms with E-state index < -0.39 is 41.6 Å². The Morgan fingerprint density at radius 3 is 2.42 bits per heavy atom. The Labute approximate surface area is 300 Å². The molecule has 2 saturated heterocycles. The molecule has 10 nitrogen and oxygen atoms in total. The molecule has 52 heavy (non-hydrogen) atoms. The maximum Gasteiger partial charge on any atom is 0.406 e. The summed E-state index contributed by atoms with van der Waals surface area (Å²) < 4.78 is 91.2. The molecule has 3 heterocycles. The molecule has 19 heteroatoms. The van der Waals surface area contributed by atoms with Gasteiger partial charge in [0.25, 0.3) is 17.7 Å². The molecule has 1 aromatic heterocycles. The zero-order valence-corrected chi connectivity index (χ0v) is 28.5. The Balaban J connectivity index is 0.000000334. The maximum absolute atomic E-state index is 14.4. The van der Waals surface area contributed by atoms with E-state index >= 15 is 0 Å². The minimum absolute atomic E-state index is 0.00158. The summed E-state index contributed by atoms with van der Waals surface area (Å²) >= 11 is 0. The second-order valence-electron chi connectivity index (χ2n) is 12.7. The van der Waals surface area contributed by atoms with Crippen molar-refractivity contribution in [2.45, 2.75) is 56.2 Å². The number of amides is 2. The molecule has 6 radical (unpaired) electrons. The predicted octanol–water partition coefficient (Wildman–Crippen LogP) is 3.30. The number of imidazole rings is 1. The number of anilines is 1. The summed E-state index contributed by atoms with van der Waals surface area (Å²) in [6, 6.07) is 4.92. The number of nitrogens with zero attached hydrogens (tertiary/aromatic N) is 3. The lowest BCUT2D eigenvalue weighted by atomic mass is 9.52. The zero-order chi connectivity index (χ0) is 38.4. The summed E-state index contributed by atoms with van der Waals surface area (Å²) in [5.74, 6) is 0.306. The molecule has 2 aromatic carbocycles. The molecule has 2 aliphatic heterocycles. The van der Waals surface area contributed by atoms with E-state index in [1.807, 2.05) is 11.8 Å². The molecule has 0 aliphatic carbocycles. The van der Waals surface area contributed by atoms with Gasteiger partial charge in [-0.25, -0.2) is 18.2 Å². The highest BCUT2D eigenvalue weighted by molar-refractivity contribution is 6.58. The lowest BCUT2D eigenvalue weighted by Gasteiger charge is -2.42. The van der Waals surface area contributed by atoms with E-state index in [1.165, 1.54) is 19.2 Å². The first-order chi connectivity index (χ1) is 24.2. The number of fused-ring (bicyclic) bond motifs is 1. The number of primary amides is 1. The number of benzene rings is 2. The van der Waals surface area contributed by atoms with E-state index in [4.69, 9.17) is 38.7 Å². The van der Waals surface area contributed by atoms with Gasteiger partial charge in [0, 0.05) is 50.9 Å². The van der Waals surface area contributed by atoms with Crippen molar-refractivity contribution in [3.8, 4) is 17.6 Å². The summed E-state index contributed by atoms with van der Waals surface area (Å²) in [5, 5.41) is 2.86. The fraction of sp³-hybridized carbons (Fsp3) is 0.485. The first kappa shape index (κ1) is 40.5. The number of nitrogens with two attached hydrogens (primary N) is 1. The molecule has 2 fully saturated rings. The fourth-order valence-electron chi connectivity index (χ4n) is 6.03. The first-order valence-corrected chi connectivity index (χ1v) is 16.1. The number of ether oxygens (including phenoxy) is 2. The third-order valence-electron chi connectivity index (χ3n) is 8.10. The van der Waals surface area contributed by atoms with Crippen molar-refractivity contribution in [3.05, 3.63) is 53.1 Å². The molecule has 0 saturated carbocycles. The summed E-state index contributed by atoms with van der Waals surface area (Å²) in [6.07, 6.45) is -1.71. The van der Waals surface area contributed by atoms with Gasteiger partial charge in [0.1, 0.15) is 47.2 Å². The summed E-state index contributed by atoms with van der Waals surface area (Å²) in [7, 11) is 17.7. The monoisotopic (exact) mass is 726 g/mol. The molecule has 1 unspecified atom stereocenters. The average molecular weight is 726 g/mol. The van der Waals surface area contributed by atoms with Crippen LogP contribution in [-0.2, 0) is 11.3 Å². The number of carbonyl (C=O) groups is 2. The van der Waals surface area contributed by atoms with Gasteiger partial charge in [-0.1, -0.05) is 18.8 Å². The fourth-order valence-corrected chi connectivity index (χ4v) is 6.03. The topological polar surface area (TPSA) is 124 Å². The third kappa shape index (κ3) is 11.4. The zero-order valence-electron chi connectivity index (χ0n) is 28.5. The summed E-state index contributed by atoms with van der Waals surface area (Å²) in [6.45, 7) is 2.66. The number of aromatic nitrogens is 2. The molecular formula is C33H35B3F6N6O4. The van der Waals surface area contributed by atoms with Crippen molar-refractivity contribution in [2.75, 3.05) is 45.2 Å². The number of likely N-dealkylation sites (tertiary alicyclic amines) is 1. The van der Waals surface area contributed by atoms with E-state index in [1.54, 1.807) is 0 Å².